The molecule has 0 unspecified atom stereocenters. The summed E-state index contributed by atoms with van der Waals surface area (Å²) in [6.07, 6.45) is 7.64. The molecule has 0 amide bonds. The predicted molar refractivity (Wildman–Crippen MR) is 136 cm³/mol. The molecule has 4 heterocycles. The van der Waals surface area contributed by atoms with Crippen LogP contribution in [0.3, 0.4) is 0 Å². The zero-order valence-electron chi connectivity index (χ0n) is 19.9. The Morgan fingerprint density at radius 1 is 1.00 bits per heavy atom. The number of pyridine rings is 1. The van der Waals surface area contributed by atoms with Gasteiger partial charge < -0.3 is 15.2 Å². The molecule has 0 atom stereocenters. The second-order valence-corrected chi connectivity index (χ2v) is 9.21. The number of benzene rings is 1. The van der Waals surface area contributed by atoms with E-state index in [-0.39, 0.29) is 6.04 Å². The maximum atomic E-state index is 4.83. The first kappa shape index (κ1) is 22.3. The summed E-state index contributed by atoms with van der Waals surface area (Å²) in [5, 5.41) is 7.06. The molecule has 176 valence electrons. The zero-order valence-corrected chi connectivity index (χ0v) is 19.9. The van der Waals surface area contributed by atoms with Gasteiger partial charge in [0, 0.05) is 50.7 Å². The van der Waals surface area contributed by atoms with Crippen molar-refractivity contribution in [3.05, 3.63) is 72.3 Å². The van der Waals surface area contributed by atoms with Crippen LogP contribution < -0.4 is 10.6 Å². The number of piperidine rings is 1. The second-order valence-electron chi connectivity index (χ2n) is 9.21. The van der Waals surface area contributed by atoms with Crippen molar-refractivity contribution in [1.29, 1.82) is 0 Å². The molecule has 1 aliphatic heterocycles. The Kier molecular flexibility index (Phi) is 6.67. The highest BCUT2D eigenvalue weighted by atomic mass is 15.2. The first-order valence-electron chi connectivity index (χ1n) is 12.1. The molecule has 1 saturated heterocycles. The maximum absolute atomic E-state index is 4.83. The minimum Gasteiger partial charge on any atom is -0.365 e. The molecule has 0 saturated carbocycles. The Morgan fingerprint density at radius 3 is 2.53 bits per heavy atom. The predicted octanol–water partition coefficient (Wildman–Crippen LogP) is 4.49. The van der Waals surface area contributed by atoms with Gasteiger partial charge in [0.15, 0.2) is 17.0 Å². The summed E-state index contributed by atoms with van der Waals surface area (Å²) >= 11 is 0. The van der Waals surface area contributed by atoms with Gasteiger partial charge in [-0.1, -0.05) is 36.4 Å². The van der Waals surface area contributed by atoms with Crippen molar-refractivity contribution in [2.45, 2.75) is 51.9 Å². The van der Waals surface area contributed by atoms with Gasteiger partial charge in [-0.15, -0.1) is 0 Å². The van der Waals surface area contributed by atoms with Gasteiger partial charge in [-0.05, 0) is 43.9 Å². The number of imidazole rings is 1. The summed E-state index contributed by atoms with van der Waals surface area (Å²) in [6, 6.07) is 15.3. The molecular formula is C26H32N8. The van der Waals surface area contributed by atoms with Gasteiger partial charge in [0.2, 0.25) is 5.95 Å². The zero-order chi connectivity index (χ0) is 23.3. The van der Waals surface area contributed by atoms with Gasteiger partial charge in [-0.2, -0.15) is 9.97 Å². The Bertz CT molecular complexity index is 1200. The third kappa shape index (κ3) is 5.17. The molecule has 8 heteroatoms. The highest BCUT2D eigenvalue weighted by Crippen LogP contribution is 2.26. The van der Waals surface area contributed by atoms with Gasteiger partial charge in [-0.25, -0.2) is 4.98 Å². The Morgan fingerprint density at radius 2 is 1.79 bits per heavy atom. The lowest BCUT2D eigenvalue weighted by Crippen LogP contribution is -2.38. The molecule has 0 bridgehead atoms. The Labute approximate surface area is 200 Å². The van der Waals surface area contributed by atoms with E-state index in [1.165, 1.54) is 5.56 Å². The molecule has 1 aromatic carbocycles. The van der Waals surface area contributed by atoms with Gasteiger partial charge >= 0.3 is 0 Å². The fraction of sp³-hybridized carbons (Fsp3) is 0.385. The van der Waals surface area contributed by atoms with Crippen molar-refractivity contribution in [3.8, 4) is 0 Å². The highest BCUT2D eigenvalue weighted by Gasteiger charge is 2.22. The van der Waals surface area contributed by atoms with Crippen LogP contribution in [0.25, 0.3) is 11.2 Å². The lowest BCUT2D eigenvalue weighted by Gasteiger charge is -2.32. The molecule has 4 aromatic rings. The summed E-state index contributed by atoms with van der Waals surface area (Å²) in [6.45, 7) is 8.03. The van der Waals surface area contributed by atoms with E-state index < -0.39 is 0 Å². The summed E-state index contributed by atoms with van der Waals surface area (Å²) in [5.74, 6) is 1.40. The topological polar surface area (TPSA) is 83.8 Å². The number of nitrogens with zero attached hydrogens (tertiary/aromatic N) is 6. The SMILES string of the molecule is CC(C)n1cnc2c(NC3CCN(Cc4ccccc4)CC3)nc(NCc3cccnc3)nc21. The average molecular weight is 457 g/mol. The number of rotatable bonds is 8. The standard InChI is InChI=1S/C26H32N8/c1-19(2)34-18-29-23-24(31-26(32-25(23)34)28-16-21-9-6-12-27-15-21)30-22-10-13-33(14-11-22)17-20-7-4-3-5-8-20/h3-9,12,15,18-19,22H,10-11,13-14,16-17H2,1-2H3,(H2,28,30,31,32). The quantitative estimate of drug-likeness (QED) is 0.404. The molecule has 1 fully saturated rings. The normalized spacial score (nSPS) is 15.1. The van der Waals surface area contributed by atoms with E-state index in [0.29, 0.717) is 18.5 Å². The minimum atomic E-state index is 0.264. The van der Waals surface area contributed by atoms with E-state index in [1.807, 2.05) is 24.7 Å². The summed E-state index contributed by atoms with van der Waals surface area (Å²) in [4.78, 5) is 21.0. The van der Waals surface area contributed by atoms with E-state index >= 15 is 0 Å². The van der Waals surface area contributed by atoms with E-state index in [9.17, 15) is 0 Å². The van der Waals surface area contributed by atoms with Crippen LogP contribution in [0, 0.1) is 0 Å². The van der Waals surface area contributed by atoms with Crippen LogP contribution in [0.1, 0.15) is 43.9 Å². The van der Waals surface area contributed by atoms with Crippen molar-refractivity contribution in [2.75, 3.05) is 23.7 Å². The first-order chi connectivity index (χ1) is 16.7. The summed E-state index contributed by atoms with van der Waals surface area (Å²) < 4.78 is 2.10. The fourth-order valence-corrected chi connectivity index (χ4v) is 4.43. The number of nitrogens with one attached hydrogen (secondary N) is 2. The lowest BCUT2D eigenvalue weighted by molar-refractivity contribution is 0.211. The number of fused-ring (bicyclic) bond motifs is 1. The number of hydrogen-bond donors (Lipinski definition) is 2. The van der Waals surface area contributed by atoms with Crippen LogP contribution in [-0.2, 0) is 13.1 Å². The molecular weight excluding hydrogens is 424 g/mol. The van der Waals surface area contributed by atoms with Crippen molar-refractivity contribution < 1.29 is 0 Å². The number of hydrogen-bond acceptors (Lipinski definition) is 7. The molecule has 0 spiro atoms. The maximum Gasteiger partial charge on any atom is 0.227 e. The first-order valence-corrected chi connectivity index (χ1v) is 12.1. The molecule has 0 aliphatic carbocycles. The number of likely N-dealkylation sites (tertiary alicyclic amines) is 1. The second kappa shape index (κ2) is 10.2. The van der Waals surface area contributed by atoms with E-state index in [1.54, 1.807) is 6.20 Å². The minimum absolute atomic E-state index is 0.264. The molecule has 5 rings (SSSR count). The van der Waals surface area contributed by atoms with Crippen LogP contribution in [0.5, 0.6) is 0 Å². The molecule has 8 nitrogen and oxygen atoms in total. The van der Waals surface area contributed by atoms with Gasteiger partial charge in [0.05, 0.1) is 6.33 Å². The van der Waals surface area contributed by atoms with Crippen molar-refractivity contribution in [2.24, 2.45) is 0 Å². The summed E-state index contributed by atoms with van der Waals surface area (Å²) in [7, 11) is 0. The van der Waals surface area contributed by atoms with Gasteiger partial charge in [0.1, 0.15) is 0 Å². The fourth-order valence-electron chi connectivity index (χ4n) is 4.43. The van der Waals surface area contributed by atoms with E-state index in [2.05, 4.69) is 74.2 Å². The molecule has 34 heavy (non-hydrogen) atoms. The molecule has 2 N–H and O–H groups in total. The van der Waals surface area contributed by atoms with E-state index in [0.717, 1.165) is 55.0 Å². The van der Waals surface area contributed by atoms with Crippen LogP contribution in [0.4, 0.5) is 11.8 Å². The highest BCUT2D eigenvalue weighted by molar-refractivity contribution is 5.84. The number of anilines is 2. The number of aromatic nitrogens is 5. The average Bonchev–Trinajstić information content (AvgIpc) is 3.30. The van der Waals surface area contributed by atoms with Crippen molar-refractivity contribution in [3.63, 3.8) is 0 Å². The van der Waals surface area contributed by atoms with E-state index in [4.69, 9.17) is 9.97 Å². The smallest absolute Gasteiger partial charge is 0.227 e. The molecule has 0 radical (unpaired) electrons. The van der Waals surface area contributed by atoms with Crippen LogP contribution in [0.15, 0.2) is 61.2 Å². The lowest BCUT2D eigenvalue weighted by atomic mass is 10.0. The molecule has 1 aliphatic rings. The molecule has 3 aromatic heterocycles. The Hall–Kier alpha value is -3.52. The van der Waals surface area contributed by atoms with Gasteiger partial charge in [-0.3, -0.25) is 9.88 Å². The Balaban J connectivity index is 1.30. The van der Waals surface area contributed by atoms with Crippen LogP contribution in [0.2, 0.25) is 0 Å². The van der Waals surface area contributed by atoms with Gasteiger partial charge in [0.25, 0.3) is 0 Å². The van der Waals surface area contributed by atoms with Crippen LogP contribution in [-0.4, -0.2) is 48.5 Å². The third-order valence-corrected chi connectivity index (χ3v) is 6.33. The third-order valence-electron chi connectivity index (χ3n) is 6.33. The van der Waals surface area contributed by atoms with Crippen molar-refractivity contribution >= 4 is 22.9 Å². The monoisotopic (exact) mass is 456 g/mol. The summed E-state index contributed by atoms with van der Waals surface area (Å²) in [5.41, 5.74) is 4.13. The van der Waals surface area contributed by atoms with Crippen LogP contribution >= 0.6 is 0 Å². The largest absolute Gasteiger partial charge is 0.365 e. The van der Waals surface area contributed by atoms with Crippen molar-refractivity contribution in [1.82, 2.24) is 29.4 Å².